The van der Waals surface area contributed by atoms with E-state index >= 15 is 0 Å². The van der Waals surface area contributed by atoms with Crippen molar-refractivity contribution in [3.8, 4) is 0 Å². The zero-order valence-electron chi connectivity index (χ0n) is 10.5. The van der Waals surface area contributed by atoms with Crippen LogP contribution in [0.1, 0.15) is 18.2 Å². The van der Waals surface area contributed by atoms with Gasteiger partial charge in [0.1, 0.15) is 5.76 Å². The Morgan fingerprint density at radius 3 is 2.74 bits per heavy atom. The molecule has 0 saturated heterocycles. The smallest absolute Gasteiger partial charge is 0.274 e. The van der Waals surface area contributed by atoms with Gasteiger partial charge in [0.2, 0.25) is 5.09 Å². The molecule has 0 unspecified atom stereocenters. The van der Waals surface area contributed by atoms with E-state index in [1.165, 1.54) is 18.6 Å². The van der Waals surface area contributed by atoms with Crippen molar-refractivity contribution in [1.82, 2.24) is 10.0 Å². The first kappa shape index (κ1) is 13.9. The largest absolute Gasteiger partial charge is 0.472 e. The Balaban J connectivity index is 2.00. The minimum absolute atomic E-state index is 0.0797. The van der Waals surface area contributed by atoms with Crippen molar-refractivity contribution < 1.29 is 17.3 Å². The van der Waals surface area contributed by atoms with Crippen molar-refractivity contribution in [3.05, 3.63) is 42.0 Å². The summed E-state index contributed by atoms with van der Waals surface area (Å²) in [5.74, 6) is 0.588. The summed E-state index contributed by atoms with van der Waals surface area (Å²) >= 11 is 0. The second-order valence-corrected chi connectivity index (χ2v) is 5.66. The van der Waals surface area contributed by atoms with Gasteiger partial charge >= 0.3 is 0 Å². The maximum atomic E-state index is 12.0. The van der Waals surface area contributed by atoms with Crippen LogP contribution in [0, 0.1) is 0 Å². The lowest BCUT2D eigenvalue weighted by molar-refractivity contribution is 0.401. The molecule has 0 amide bonds. The molecule has 0 aromatic carbocycles. The van der Waals surface area contributed by atoms with Gasteiger partial charge in [-0.1, -0.05) is 6.92 Å². The zero-order chi connectivity index (χ0) is 13.7. The molecule has 0 bridgehead atoms. The quantitative estimate of drug-likeness (QED) is 0.804. The fraction of sp³-hybridized carbons (Fsp3) is 0.333. The molecule has 2 aromatic heterocycles. The van der Waals surface area contributed by atoms with Crippen molar-refractivity contribution in [2.24, 2.45) is 0 Å². The Morgan fingerprint density at radius 2 is 2.05 bits per heavy atom. The molecule has 0 spiro atoms. The van der Waals surface area contributed by atoms with Crippen molar-refractivity contribution in [2.45, 2.75) is 25.1 Å². The van der Waals surface area contributed by atoms with Crippen LogP contribution in [0.2, 0.25) is 0 Å². The Labute approximate surface area is 111 Å². The van der Waals surface area contributed by atoms with E-state index in [0.717, 1.165) is 12.1 Å². The maximum Gasteiger partial charge on any atom is 0.274 e. The summed E-state index contributed by atoms with van der Waals surface area (Å²) in [5.41, 5.74) is 0.753. The van der Waals surface area contributed by atoms with Crippen LogP contribution in [0.4, 0.5) is 0 Å². The van der Waals surface area contributed by atoms with E-state index in [4.69, 9.17) is 8.83 Å². The number of rotatable bonds is 7. The van der Waals surface area contributed by atoms with Gasteiger partial charge in [0.05, 0.1) is 19.1 Å². The van der Waals surface area contributed by atoms with Crippen molar-refractivity contribution in [1.29, 1.82) is 0 Å². The van der Waals surface area contributed by atoms with Crippen LogP contribution in [-0.4, -0.2) is 15.0 Å². The molecule has 19 heavy (non-hydrogen) atoms. The van der Waals surface area contributed by atoms with E-state index in [0.29, 0.717) is 12.3 Å². The topological polar surface area (TPSA) is 84.5 Å². The Kier molecular flexibility index (Phi) is 4.41. The molecule has 104 valence electrons. The van der Waals surface area contributed by atoms with E-state index in [-0.39, 0.29) is 11.6 Å². The van der Waals surface area contributed by atoms with E-state index < -0.39 is 10.0 Å². The fourth-order valence-corrected chi connectivity index (χ4v) is 2.45. The molecule has 2 rings (SSSR count). The first-order chi connectivity index (χ1) is 9.12. The fourth-order valence-electron chi connectivity index (χ4n) is 1.49. The molecule has 7 heteroatoms. The lowest BCUT2D eigenvalue weighted by Crippen LogP contribution is -2.22. The maximum absolute atomic E-state index is 12.0. The predicted octanol–water partition coefficient (Wildman–Crippen LogP) is 1.46. The van der Waals surface area contributed by atoms with E-state index in [9.17, 15) is 8.42 Å². The SMILES string of the molecule is CCNCc1ccc(S(=O)(=O)NCc2ccoc2)o1. The number of sulfonamides is 1. The van der Waals surface area contributed by atoms with E-state index in [1.54, 1.807) is 12.1 Å². The van der Waals surface area contributed by atoms with Crippen molar-refractivity contribution >= 4 is 10.0 Å². The van der Waals surface area contributed by atoms with Crippen LogP contribution >= 0.6 is 0 Å². The summed E-state index contributed by atoms with van der Waals surface area (Å²) in [4.78, 5) is 0. The molecule has 0 radical (unpaired) electrons. The third-order valence-electron chi connectivity index (χ3n) is 2.50. The van der Waals surface area contributed by atoms with Crippen molar-refractivity contribution in [3.63, 3.8) is 0 Å². The van der Waals surface area contributed by atoms with Gasteiger partial charge in [0.25, 0.3) is 10.0 Å². The normalized spacial score (nSPS) is 11.8. The second-order valence-electron chi connectivity index (χ2n) is 3.96. The lowest BCUT2D eigenvalue weighted by Gasteiger charge is -2.02. The standard InChI is InChI=1S/C12H16N2O4S/c1-2-13-8-11-3-4-12(18-11)19(15,16)14-7-10-5-6-17-9-10/h3-6,9,13-14H,2,7-8H2,1H3. The zero-order valence-corrected chi connectivity index (χ0v) is 11.4. The molecule has 2 N–H and O–H groups in total. The first-order valence-electron chi connectivity index (χ1n) is 5.92. The molecule has 2 aromatic rings. The highest BCUT2D eigenvalue weighted by Crippen LogP contribution is 2.14. The van der Waals surface area contributed by atoms with Gasteiger partial charge < -0.3 is 14.2 Å². The Bertz CT molecular complexity index is 601. The van der Waals surface area contributed by atoms with E-state index in [2.05, 4.69) is 10.0 Å². The number of nitrogens with one attached hydrogen (secondary N) is 2. The van der Waals surface area contributed by atoms with Gasteiger partial charge in [-0.05, 0) is 24.7 Å². The van der Waals surface area contributed by atoms with Crippen LogP contribution in [-0.2, 0) is 23.1 Å². The molecule has 2 heterocycles. The van der Waals surface area contributed by atoms with Gasteiger partial charge in [-0.2, -0.15) is 0 Å². The van der Waals surface area contributed by atoms with Crippen LogP contribution in [0.25, 0.3) is 0 Å². The highest BCUT2D eigenvalue weighted by molar-refractivity contribution is 7.89. The highest BCUT2D eigenvalue weighted by Gasteiger charge is 2.18. The molecule has 0 saturated carbocycles. The monoisotopic (exact) mass is 284 g/mol. The molecule has 0 fully saturated rings. The third kappa shape index (κ3) is 3.69. The summed E-state index contributed by atoms with van der Waals surface area (Å²) in [6, 6.07) is 4.79. The number of hydrogen-bond acceptors (Lipinski definition) is 5. The Hall–Kier alpha value is -1.57. The average molecular weight is 284 g/mol. The predicted molar refractivity (Wildman–Crippen MR) is 68.8 cm³/mol. The van der Waals surface area contributed by atoms with Crippen LogP contribution < -0.4 is 10.0 Å². The minimum atomic E-state index is -3.63. The summed E-state index contributed by atoms with van der Waals surface area (Å²) in [6.07, 6.45) is 2.98. The molecule has 0 atom stereocenters. The molecule has 0 aliphatic heterocycles. The summed E-state index contributed by atoms with van der Waals surface area (Å²) < 4.78 is 36.5. The van der Waals surface area contributed by atoms with Crippen LogP contribution in [0.15, 0.2) is 44.7 Å². The highest BCUT2D eigenvalue weighted by atomic mass is 32.2. The van der Waals surface area contributed by atoms with E-state index in [1.807, 2.05) is 6.92 Å². The third-order valence-corrected chi connectivity index (χ3v) is 3.77. The average Bonchev–Trinajstić information content (AvgIpc) is 3.05. The summed E-state index contributed by atoms with van der Waals surface area (Å²) in [5, 5.41) is 2.98. The van der Waals surface area contributed by atoms with Gasteiger partial charge in [-0.15, -0.1) is 0 Å². The molecule has 0 aliphatic rings. The summed E-state index contributed by atoms with van der Waals surface area (Å²) in [7, 11) is -3.63. The second kappa shape index (κ2) is 6.05. The minimum Gasteiger partial charge on any atom is -0.472 e. The van der Waals surface area contributed by atoms with Crippen LogP contribution in [0.5, 0.6) is 0 Å². The van der Waals surface area contributed by atoms with Gasteiger partial charge in [-0.3, -0.25) is 0 Å². The van der Waals surface area contributed by atoms with Crippen molar-refractivity contribution in [2.75, 3.05) is 6.54 Å². The Morgan fingerprint density at radius 1 is 1.21 bits per heavy atom. The van der Waals surface area contributed by atoms with Gasteiger partial charge in [-0.25, -0.2) is 13.1 Å². The molecular formula is C12H16N2O4S. The molecular weight excluding hydrogens is 268 g/mol. The van der Waals surface area contributed by atoms with Gasteiger partial charge in [0.15, 0.2) is 0 Å². The molecule has 0 aliphatic carbocycles. The molecule has 6 nitrogen and oxygen atoms in total. The first-order valence-corrected chi connectivity index (χ1v) is 7.40. The van der Waals surface area contributed by atoms with Crippen LogP contribution in [0.3, 0.4) is 0 Å². The lowest BCUT2D eigenvalue weighted by atomic mass is 10.4. The van der Waals surface area contributed by atoms with Gasteiger partial charge in [0, 0.05) is 12.1 Å². The number of hydrogen-bond donors (Lipinski definition) is 2. The summed E-state index contributed by atoms with van der Waals surface area (Å²) in [6.45, 7) is 3.43. The number of furan rings is 2.